The van der Waals surface area contributed by atoms with Gasteiger partial charge in [-0.05, 0) is 35.4 Å². The van der Waals surface area contributed by atoms with Gasteiger partial charge in [-0.25, -0.2) is 5.43 Å². The number of nitro benzene ring substituents is 1. The lowest BCUT2D eigenvalue weighted by Crippen LogP contribution is -2.32. The van der Waals surface area contributed by atoms with Crippen molar-refractivity contribution in [1.82, 2.24) is 10.7 Å². The maximum Gasteiger partial charge on any atom is 0.269 e. The van der Waals surface area contributed by atoms with Crippen LogP contribution in [0.15, 0.2) is 90.0 Å². The fraction of sp³-hybridized carbons (Fsp3) is 0.0870. The second-order valence-corrected chi connectivity index (χ2v) is 6.65. The van der Waals surface area contributed by atoms with Crippen molar-refractivity contribution in [3.63, 3.8) is 0 Å². The molecule has 0 spiro atoms. The van der Waals surface area contributed by atoms with Crippen molar-refractivity contribution >= 4 is 23.7 Å². The summed E-state index contributed by atoms with van der Waals surface area (Å²) in [5.41, 5.74) is 4.29. The molecular weight excluding hydrogens is 396 g/mol. The van der Waals surface area contributed by atoms with Gasteiger partial charge in [0.2, 0.25) is 5.91 Å². The molecule has 0 saturated heterocycles. The molecule has 0 aliphatic carbocycles. The SMILES string of the molecule is O=C(C[C@H](NC(=O)c1ccccc1)c1ccccc1)N/N=C\c1ccc([N+](=O)[O-])cc1. The Morgan fingerprint density at radius 1 is 0.935 bits per heavy atom. The number of nitrogens with one attached hydrogen (secondary N) is 2. The second kappa shape index (κ2) is 10.4. The molecule has 0 radical (unpaired) electrons. The van der Waals surface area contributed by atoms with Crippen LogP contribution in [0.1, 0.15) is 33.9 Å². The summed E-state index contributed by atoms with van der Waals surface area (Å²) in [5, 5.41) is 17.5. The summed E-state index contributed by atoms with van der Waals surface area (Å²) in [6.45, 7) is 0. The summed E-state index contributed by atoms with van der Waals surface area (Å²) in [4.78, 5) is 35.2. The molecule has 2 amide bonds. The van der Waals surface area contributed by atoms with Crippen molar-refractivity contribution in [1.29, 1.82) is 0 Å². The van der Waals surface area contributed by atoms with Crippen LogP contribution in [0, 0.1) is 10.1 Å². The van der Waals surface area contributed by atoms with Crippen LogP contribution in [-0.2, 0) is 4.79 Å². The number of nitrogens with zero attached hydrogens (tertiary/aromatic N) is 2. The van der Waals surface area contributed by atoms with Crippen LogP contribution < -0.4 is 10.7 Å². The number of carbonyl (C=O) groups excluding carboxylic acids is 2. The number of hydrogen-bond acceptors (Lipinski definition) is 5. The van der Waals surface area contributed by atoms with Gasteiger partial charge < -0.3 is 5.32 Å². The molecule has 3 rings (SSSR count). The van der Waals surface area contributed by atoms with Gasteiger partial charge in [-0.3, -0.25) is 19.7 Å². The van der Waals surface area contributed by atoms with Gasteiger partial charge in [0, 0.05) is 17.7 Å². The van der Waals surface area contributed by atoms with E-state index in [1.165, 1.54) is 30.5 Å². The van der Waals surface area contributed by atoms with Crippen LogP contribution in [0.5, 0.6) is 0 Å². The molecule has 0 bridgehead atoms. The van der Waals surface area contributed by atoms with E-state index in [9.17, 15) is 19.7 Å². The van der Waals surface area contributed by atoms with Crippen LogP contribution in [-0.4, -0.2) is 23.0 Å². The number of benzene rings is 3. The summed E-state index contributed by atoms with van der Waals surface area (Å²) in [7, 11) is 0. The average Bonchev–Trinajstić information content (AvgIpc) is 2.80. The molecule has 0 fully saturated rings. The Hall–Kier alpha value is -4.33. The first-order valence-corrected chi connectivity index (χ1v) is 9.50. The van der Waals surface area contributed by atoms with Gasteiger partial charge in [0.1, 0.15) is 0 Å². The molecule has 2 N–H and O–H groups in total. The highest BCUT2D eigenvalue weighted by Gasteiger charge is 2.19. The fourth-order valence-electron chi connectivity index (χ4n) is 2.86. The van der Waals surface area contributed by atoms with Crippen LogP contribution in [0.3, 0.4) is 0 Å². The van der Waals surface area contributed by atoms with E-state index in [0.29, 0.717) is 11.1 Å². The third kappa shape index (κ3) is 6.33. The van der Waals surface area contributed by atoms with Crippen molar-refractivity contribution in [2.24, 2.45) is 5.10 Å². The third-order valence-corrected chi connectivity index (χ3v) is 4.44. The standard InChI is InChI=1S/C23H20N4O4/c28-22(26-24-16-17-11-13-20(14-12-17)27(30)31)15-21(18-7-3-1-4-8-18)25-23(29)19-9-5-2-6-10-19/h1-14,16,21H,15H2,(H,25,29)(H,26,28)/b24-16-/t21-/m0/s1. The van der Waals surface area contributed by atoms with Gasteiger partial charge in [0.25, 0.3) is 11.6 Å². The molecule has 0 saturated carbocycles. The van der Waals surface area contributed by atoms with E-state index in [0.717, 1.165) is 5.56 Å². The number of amides is 2. The summed E-state index contributed by atoms with van der Waals surface area (Å²) in [5.74, 6) is -0.669. The predicted octanol–water partition coefficient (Wildman–Crippen LogP) is 3.61. The number of carbonyl (C=O) groups is 2. The molecular formula is C23H20N4O4. The minimum atomic E-state index is -0.538. The van der Waals surface area contributed by atoms with Gasteiger partial charge in [-0.1, -0.05) is 48.5 Å². The van der Waals surface area contributed by atoms with Crippen molar-refractivity contribution in [3.8, 4) is 0 Å². The molecule has 0 aromatic heterocycles. The van der Waals surface area contributed by atoms with Crippen molar-refractivity contribution in [3.05, 3.63) is 112 Å². The molecule has 1 atom stereocenters. The monoisotopic (exact) mass is 416 g/mol. The first kappa shape index (κ1) is 21.4. The van der Waals surface area contributed by atoms with Gasteiger partial charge in [0.15, 0.2) is 0 Å². The smallest absolute Gasteiger partial charge is 0.269 e. The number of hydrazone groups is 1. The minimum absolute atomic E-state index is 0.0137. The van der Waals surface area contributed by atoms with Gasteiger partial charge in [0.05, 0.1) is 23.6 Å². The number of rotatable bonds is 8. The van der Waals surface area contributed by atoms with E-state index in [1.54, 1.807) is 24.3 Å². The van der Waals surface area contributed by atoms with E-state index in [4.69, 9.17) is 0 Å². The summed E-state index contributed by atoms with van der Waals surface area (Å²) in [6.07, 6.45) is 1.38. The van der Waals surface area contributed by atoms with Crippen molar-refractivity contribution in [2.75, 3.05) is 0 Å². The van der Waals surface area contributed by atoms with Crippen LogP contribution in [0.25, 0.3) is 0 Å². The third-order valence-electron chi connectivity index (χ3n) is 4.44. The highest BCUT2D eigenvalue weighted by molar-refractivity contribution is 5.94. The molecule has 3 aromatic carbocycles. The maximum absolute atomic E-state index is 12.6. The number of non-ortho nitro benzene ring substituents is 1. The Morgan fingerprint density at radius 3 is 2.16 bits per heavy atom. The zero-order valence-electron chi connectivity index (χ0n) is 16.5. The summed E-state index contributed by atoms with van der Waals surface area (Å²) < 4.78 is 0. The Labute approximate surface area is 178 Å². The molecule has 0 aliphatic heterocycles. The zero-order valence-corrected chi connectivity index (χ0v) is 16.5. The molecule has 0 aliphatic rings. The zero-order chi connectivity index (χ0) is 22.1. The first-order chi connectivity index (χ1) is 15.0. The molecule has 8 nitrogen and oxygen atoms in total. The van der Waals surface area contributed by atoms with E-state index in [2.05, 4.69) is 15.8 Å². The average molecular weight is 416 g/mol. The van der Waals surface area contributed by atoms with Crippen molar-refractivity contribution in [2.45, 2.75) is 12.5 Å². The largest absolute Gasteiger partial charge is 0.345 e. The Balaban J connectivity index is 1.64. The minimum Gasteiger partial charge on any atom is -0.345 e. The normalized spacial score (nSPS) is 11.6. The van der Waals surface area contributed by atoms with Crippen LogP contribution in [0.4, 0.5) is 5.69 Å². The van der Waals surface area contributed by atoms with E-state index in [1.807, 2.05) is 36.4 Å². The highest BCUT2D eigenvalue weighted by Crippen LogP contribution is 2.17. The molecule has 3 aromatic rings. The number of nitro groups is 1. The lowest BCUT2D eigenvalue weighted by atomic mass is 10.0. The summed E-state index contributed by atoms with van der Waals surface area (Å²) >= 11 is 0. The Kier molecular flexibility index (Phi) is 7.21. The maximum atomic E-state index is 12.6. The molecule has 0 unspecified atom stereocenters. The second-order valence-electron chi connectivity index (χ2n) is 6.65. The Bertz CT molecular complexity index is 1070. The lowest BCUT2D eigenvalue weighted by molar-refractivity contribution is -0.384. The predicted molar refractivity (Wildman–Crippen MR) is 117 cm³/mol. The van der Waals surface area contributed by atoms with Gasteiger partial charge >= 0.3 is 0 Å². The highest BCUT2D eigenvalue weighted by atomic mass is 16.6. The number of hydrogen-bond donors (Lipinski definition) is 2. The van der Waals surface area contributed by atoms with Crippen molar-refractivity contribution < 1.29 is 14.5 Å². The summed E-state index contributed by atoms with van der Waals surface area (Å²) in [6, 6.07) is 23.2. The van der Waals surface area contributed by atoms with E-state index in [-0.39, 0.29) is 23.9 Å². The van der Waals surface area contributed by atoms with Crippen LogP contribution in [0.2, 0.25) is 0 Å². The van der Waals surface area contributed by atoms with E-state index >= 15 is 0 Å². The molecule has 8 heteroatoms. The molecule has 156 valence electrons. The Morgan fingerprint density at radius 2 is 1.55 bits per heavy atom. The fourth-order valence-corrected chi connectivity index (χ4v) is 2.86. The quantitative estimate of drug-likeness (QED) is 0.332. The molecule has 31 heavy (non-hydrogen) atoms. The van der Waals surface area contributed by atoms with Gasteiger partial charge in [-0.2, -0.15) is 5.10 Å². The molecule has 0 heterocycles. The first-order valence-electron chi connectivity index (χ1n) is 9.50. The van der Waals surface area contributed by atoms with Crippen LogP contribution >= 0.6 is 0 Å². The van der Waals surface area contributed by atoms with E-state index < -0.39 is 11.0 Å². The lowest BCUT2D eigenvalue weighted by Gasteiger charge is -2.18. The van der Waals surface area contributed by atoms with Gasteiger partial charge in [-0.15, -0.1) is 0 Å². The topological polar surface area (TPSA) is 114 Å².